The van der Waals surface area contributed by atoms with Crippen LogP contribution in [0.15, 0.2) is 0 Å². The summed E-state index contributed by atoms with van der Waals surface area (Å²) in [5.74, 6) is -0.451. The Labute approximate surface area is 110 Å². The first kappa shape index (κ1) is 14.5. The van der Waals surface area contributed by atoms with Gasteiger partial charge < -0.3 is 9.64 Å². The van der Waals surface area contributed by atoms with E-state index >= 15 is 0 Å². The Balaban J connectivity index is 1.74. The van der Waals surface area contributed by atoms with Crippen LogP contribution < -0.4 is 0 Å². The molecule has 0 amide bonds. The maximum absolute atomic E-state index is 12.6. The van der Waals surface area contributed by atoms with E-state index in [4.69, 9.17) is 4.74 Å². The Morgan fingerprint density at radius 2 is 2.11 bits per heavy atom. The highest BCUT2D eigenvalue weighted by atomic mass is 32.2. The number of nitrogens with zero attached hydrogens (tertiary/aromatic N) is 1. The molecule has 0 aromatic rings. The SMILES string of the molecule is CSCOCC1(CN2CC[C@H](C(F)(F)F)C2)CC1. The summed E-state index contributed by atoms with van der Waals surface area (Å²) in [5, 5.41) is 0. The molecule has 18 heavy (non-hydrogen) atoms. The van der Waals surface area contributed by atoms with Crippen molar-refractivity contribution in [1.82, 2.24) is 4.90 Å². The highest BCUT2D eigenvalue weighted by molar-refractivity contribution is 7.98. The molecule has 0 radical (unpaired) electrons. The van der Waals surface area contributed by atoms with E-state index in [1.807, 2.05) is 11.2 Å². The molecule has 2 rings (SSSR count). The van der Waals surface area contributed by atoms with E-state index in [-0.39, 0.29) is 18.4 Å². The minimum absolute atomic E-state index is 0.149. The summed E-state index contributed by atoms with van der Waals surface area (Å²) in [6, 6.07) is 0. The predicted molar refractivity (Wildman–Crippen MR) is 66.6 cm³/mol. The van der Waals surface area contributed by atoms with Gasteiger partial charge in [0, 0.05) is 18.5 Å². The molecule has 0 aromatic carbocycles. The first-order valence-electron chi connectivity index (χ1n) is 6.31. The minimum Gasteiger partial charge on any atom is -0.370 e. The Bertz CT molecular complexity index is 281. The smallest absolute Gasteiger partial charge is 0.370 e. The van der Waals surface area contributed by atoms with E-state index in [2.05, 4.69) is 0 Å². The average Bonchev–Trinajstić information content (AvgIpc) is 2.86. The van der Waals surface area contributed by atoms with Crippen LogP contribution in [0.5, 0.6) is 0 Å². The van der Waals surface area contributed by atoms with Gasteiger partial charge in [-0.05, 0) is 32.1 Å². The first-order valence-corrected chi connectivity index (χ1v) is 7.70. The number of halogens is 3. The number of likely N-dealkylation sites (tertiary alicyclic amines) is 1. The van der Waals surface area contributed by atoms with Gasteiger partial charge in [-0.15, -0.1) is 11.8 Å². The predicted octanol–water partition coefficient (Wildman–Crippen LogP) is 2.99. The standard InChI is InChI=1S/C12H20F3NOS/c1-18-9-17-8-11(3-4-11)7-16-5-2-10(6-16)12(13,14)15/h10H,2-9H2,1H3/t10-/m0/s1. The molecular formula is C12H20F3NOS. The third-order valence-electron chi connectivity index (χ3n) is 3.86. The number of hydrogen-bond acceptors (Lipinski definition) is 3. The van der Waals surface area contributed by atoms with Crippen LogP contribution in [-0.2, 0) is 4.74 Å². The minimum atomic E-state index is -4.03. The topological polar surface area (TPSA) is 12.5 Å². The molecular weight excluding hydrogens is 263 g/mol. The summed E-state index contributed by atoms with van der Waals surface area (Å²) in [5.41, 5.74) is 0.149. The van der Waals surface area contributed by atoms with Gasteiger partial charge in [0.15, 0.2) is 0 Å². The number of hydrogen-bond donors (Lipinski definition) is 0. The lowest BCUT2D eigenvalue weighted by Gasteiger charge is -2.23. The van der Waals surface area contributed by atoms with Crippen LogP contribution in [0.1, 0.15) is 19.3 Å². The Morgan fingerprint density at radius 3 is 2.61 bits per heavy atom. The molecule has 1 atom stereocenters. The molecule has 0 unspecified atom stereocenters. The van der Waals surface area contributed by atoms with Gasteiger partial charge in [-0.3, -0.25) is 0 Å². The lowest BCUT2D eigenvalue weighted by atomic mass is 10.1. The zero-order chi connectivity index (χ0) is 13.2. The lowest BCUT2D eigenvalue weighted by Crippen LogP contribution is -2.33. The molecule has 2 fully saturated rings. The second kappa shape index (κ2) is 5.59. The van der Waals surface area contributed by atoms with Crippen molar-refractivity contribution in [3.05, 3.63) is 0 Å². The zero-order valence-electron chi connectivity index (χ0n) is 10.6. The fraction of sp³-hybridized carbons (Fsp3) is 1.00. The molecule has 1 saturated carbocycles. The van der Waals surface area contributed by atoms with Crippen LogP contribution in [0.2, 0.25) is 0 Å². The van der Waals surface area contributed by atoms with Crippen LogP contribution in [0, 0.1) is 11.3 Å². The lowest BCUT2D eigenvalue weighted by molar-refractivity contribution is -0.170. The Kier molecular flexibility index (Phi) is 4.49. The molecule has 1 heterocycles. The summed E-state index contributed by atoms with van der Waals surface area (Å²) in [6.45, 7) is 2.22. The molecule has 0 N–H and O–H groups in total. The number of thioether (sulfide) groups is 1. The second-order valence-electron chi connectivity index (χ2n) is 5.52. The number of ether oxygens (including phenoxy) is 1. The first-order chi connectivity index (χ1) is 8.45. The van der Waals surface area contributed by atoms with Crippen molar-refractivity contribution < 1.29 is 17.9 Å². The fourth-order valence-electron chi connectivity index (χ4n) is 2.58. The molecule has 106 valence electrons. The largest absolute Gasteiger partial charge is 0.393 e. The fourth-order valence-corrected chi connectivity index (χ4v) is 2.83. The van der Waals surface area contributed by atoms with Gasteiger partial charge in [-0.2, -0.15) is 13.2 Å². The highest BCUT2D eigenvalue weighted by Gasteiger charge is 2.48. The third-order valence-corrected chi connectivity index (χ3v) is 4.26. The van der Waals surface area contributed by atoms with Gasteiger partial charge in [0.1, 0.15) is 0 Å². The third kappa shape index (κ3) is 3.78. The number of alkyl halides is 3. The van der Waals surface area contributed by atoms with Crippen molar-refractivity contribution in [2.75, 3.05) is 38.4 Å². The van der Waals surface area contributed by atoms with Gasteiger partial charge in [-0.25, -0.2) is 0 Å². The Hall–Kier alpha value is 0.0600. The van der Waals surface area contributed by atoms with Crippen LogP contribution in [0.25, 0.3) is 0 Å². The molecule has 0 bridgehead atoms. The highest BCUT2D eigenvalue weighted by Crippen LogP contribution is 2.47. The zero-order valence-corrected chi connectivity index (χ0v) is 11.4. The monoisotopic (exact) mass is 283 g/mol. The van der Waals surface area contributed by atoms with Gasteiger partial charge in [0.25, 0.3) is 0 Å². The average molecular weight is 283 g/mol. The van der Waals surface area contributed by atoms with Gasteiger partial charge >= 0.3 is 6.18 Å². The van der Waals surface area contributed by atoms with Crippen molar-refractivity contribution in [2.45, 2.75) is 25.4 Å². The molecule has 1 aliphatic carbocycles. The summed E-state index contributed by atoms with van der Waals surface area (Å²) in [4.78, 5) is 1.97. The van der Waals surface area contributed by atoms with E-state index in [0.29, 0.717) is 19.1 Å². The molecule has 2 nitrogen and oxygen atoms in total. The van der Waals surface area contributed by atoms with E-state index in [1.165, 1.54) is 0 Å². The Morgan fingerprint density at radius 1 is 1.39 bits per heavy atom. The van der Waals surface area contributed by atoms with Crippen LogP contribution in [0.4, 0.5) is 13.2 Å². The van der Waals surface area contributed by atoms with Crippen LogP contribution >= 0.6 is 11.8 Å². The molecule has 1 saturated heterocycles. The molecule has 6 heteroatoms. The van der Waals surface area contributed by atoms with Crippen molar-refractivity contribution in [3.63, 3.8) is 0 Å². The quantitative estimate of drug-likeness (QED) is 0.549. The van der Waals surface area contributed by atoms with Crippen molar-refractivity contribution in [2.24, 2.45) is 11.3 Å². The van der Waals surface area contributed by atoms with E-state index in [1.54, 1.807) is 11.8 Å². The molecule has 1 aliphatic heterocycles. The van der Waals surface area contributed by atoms with Crippen molar-refractivity contribution >= 4 is 11.8 Å². The van der Waals surface area contributed by atoms with E-state index in [9.17, 15) is 13.2 Å². The molecule has 2 aliphatic rings. The van der Waals surface area contributed by atoms with Crippen LogP contribution in [0.3, 0.4) is 0 Å². The summed E-state index contributed by atoms with van der Waals surface area (Å²) in [6.07, 6.45) is 0.392. The summed E-state index contributed by atoms with van der Waals surface area (Å²) in [7, 11) is 0. The van der Waals surface area contributed by atoms with Crippen LogP contribution in [-0.4, -0.2) is 49.5 Å². The van der Waals surface area contributed by atoms with E-state index < -0.39 is 12.1 Å². The molecule has 0 aromatic heterocycles. The summed E-state index contributed by atoms with van der Waals surface area (Å²) >= 11 is 1.63. The van der Waals surface area contributed by atoms with E-state index in [0.717, 1.165) is 19.4 Å². The van der Waals surface area contributed by atoms with Gasteiger partial charge in [0.05, 0.1) is 18.5 Å². The van der Waals surface area contributed by atoms with Gasteiger partial charge in [0.2, 0.25) is 0 Å². The van der Waals surface area contributed by atoms with Crippen molar-refractivity contribution in [1.29, 1.82) is 0 Å². The number of rotatable bonds is 6. The normalized spacial score (nSPS) is 27.7. The van der Waals surface area contributed by atoms with Crippen molar-refractivity contribution in [3.8, 4) is 0 Å². The van der Waals surface area contributed by atoms with Gasteiger partial charge in [-0.1, -0.05) is 0 Å². The second-order valence-corrected chi connectivity index (χ2v) is 6.33. The maximum Gasteiger partial charge on any atom is 0.393 e. The molecule has 0 spiro atoms. The maximum atomic E-state index is 12.6. The summed E-state index contributed by atoms with van der Waals surface area (Å²) < 4.78 is 43.3.